The van der Waals surface area contributed by atoms with Crippen molar-refractivity contribution in [2.45, 2.75) is 19.0 Å². The van der Waals surface area contributed by atoms with Crippen LogP contribution in [0, 0.1) is 0 Å². The molecule has 5 nitrogen and oxygen atoms in total. The minimum absolute atomic E-state index is 0.261. The first-order valence-electron chi connectivity index (χ1n) is 7.82. The zero-order valence-electron chi connectivity index (χ0n) is 13.2. The molecule has 1 aliphatic rings. The SMILES string of the molecule is CN(c1ncccc1C(=O)O)[C@@H]1CCN(Cc2ccccc2)C1. The highest BCUT2D eigenvalue weighted by molar-refractivity contribution is 5.93. The lowest BCUT2D eigenvalue weighted by Gasteiger charge is -2.27. The molecule has 1 saturated heterocycles. The predicted molar refractivity (Wildman–Crippen MR) is 89.7 cm³/mol. The number of hydrogen-bond acceptors (Lipinski definition) is 4. The van der Waals surface area contributed by atoms with Crippen molar-refractivity contribution in [1.82, 2.24) is 9.88 Å². The van der Waals surface area contributed by atoms with Gasteiger partial charge in [0.25, 0.3) is 0 Å². The van der Waals surface area contributed by atoms with E-state index in [9.17, 15) is 9.90 Å². The van der Waals surface area contributed by atoms with E-state index in [0.717, 1.165) is 26.1 Å². The van der Waals surface area contributed by atoms with Crippen LogP contribution in [0.15, 0.2) is 48.7 Å². The fourth-order valence-electron chi connectivity index (χ4n) is 3.13. The Hall–Kier alpha value is -2.40. The third-order valence-electron chi connectivity index (χ3n) is 4.40. The van der Waals surface area contributed by atoms with Crippen molar-refractivity contribution in [3.63, 3.8) is 0 Å². The summed E-state index contributed by atoms with van der Waals surface area (Å²) in [5.74, 6) is -0.384. The van der Waals surface area contributed by atoms with Gasteiger partial charge in [0.15, 0.2) is 0 Å². The number of benzene rings is 1. The van der Waals surface area contributed by atoms with Crippen LogP contribution in [0.25, 0.3) is 0 Å². The van der Waals surface area contributed by atoms with Crippen LogP contribution in [0.5, 0.6) is 0 Å². The number of likely N-dealkylation sites (tertiary alicyclic amines) is 1. The summed E-state index contributed by atoms with van der Waals surface area (Å²) >= 11 is 0. The second-order valence-corrected chi connectivity index (χ2v) is 5.95. The molecule has 0 radical (unpaired) electrons. The number of aromatic nitrogens is 1. The summed E-state index contributed by atoms with van der Waals surface area (Å²) < 4.78 is 0. The van der Waals surface area contributed by atoms with Crippen molar-refractivity contribution in [1.29, 1.82) is 0 Å². The molecule has 0 amide bonds. The Morgan fingerprint density at radius 1 is 1.30 bits per heavy atom. The van der Waals surface area contributed by atoms with E-state index in [1.165, 1.54) is 5.56 Å². The van der Waals surface area contributed by atoms with E-state index >= 15 is 0 Å². The molecule has 0 aliphatic carbocycles. The Morgan fingerprint density at radius 3 is 2.83 bits per heavy atom. The van der Waals surface area contributed by atoms with Gasteiger partial charge >= 0.3 is 5.97 Å². The zero-order chi connectivity index (χ0) is 16.2. The van der Waals surface area contributed by atoms with Crippen LogP contribution in [-0.4, -0.2) is 47.1 Å². The fourth-order valence-corrected chi connectivity index (χ4v) is 3.13. The van der Waals surface area contributed by atoms with Gasteiger partial charge in [0.05, 0.1) is 0 Å². The van der Waals surface area contributed by atoms with Gasteiger partial charge in [-0.15, -0.1) is 0 Å². The van der Waals surface area contributed by atoms with Crippen molar-refractivity contribution in [3.8, 4) is 0 Å². The zero-order valence-corrected chi connectivity index (χ0v) is 13.2. The Labute approximate surface area is 136 Å². The van der Waals surface area contributed by atoms with E-state index in [2.05, 4.69) is 34.1 Å². The van der Waals surface area contributed by atoms with Gasteiger partial charge in [-0.25, -0.2) is 9.78 Å². The Morgan fingerprint density at radius 2 is 2.09 bits per heavy atom. The van der Waals surface area contributed by atoms with Gasteiger partial charge in [-0.3, -0.25) is 4.90 Å². The maximum atomic E-state index is 11.4. The number of carboxylic acid groups (broad SMARTS) is 1. The molecule has 0 spiro atoms. The molecule has 1 N–H and O–H groups in total. The Balaban J connectivity index is 1.68. The lowest BCUT2D eigenvalue weighted by Crippen LogP contribution is -2.36. The highest BCUT2D eigenvalue weighted by atomic mass is 16.4. The van der Waals surface area contributed by atoms with Gasteiger partial charge < -0.3 is 10.0 Å². The van der Waals surface area contributed by atoms with Crippen molar-refractivity contribution in [2.24, 2.45) is 0 Å². The highest BCUT2D eigenvalue weighted by Gasteiger charge is 2.28. The molecule has 0 unspecified atom stereocenters. The summed E-state index contributed by atoms with van der Waals surface area (Å²) in [5.41, 5.74) is 1.57. The minimum Gasteiger partial charge on any atom is -0.478 e. The number of carbonyl (C=O) groups is 1. The van der Waals surface area contributed by atoms with E-state index in [1.54, 1.807) is 18.3 Å². The molecule has 120 valence electrons. The molecule has 5 heteroatoms. The Bertz CT molecular complexity index is 675. The second-order valence-electron chi connectivity index (χ2n) is 5.95. The van der Waals surface area contributed by atoms with Crippen molar-refractivity contribution in [2.75, 3.05) is 25.0 Å². The van der Waals surface area contributed by atoms with Gasteiger partial charge in [0.1, 0.15) is 11.4 Å². The molecular formula is C18H21N3O2. The lowest BCUT2D eigenvalue weighted by molar-refractivity contribution is 0.0697. The number of nitrogens with zero attached hydrogens (tertiary/aromatic N) is 3. The molecule has 2 heterocycles. The molecule has 3 rings (SSSR count). The average Bonchev–Trinajstić information content (AvgIpc) is 3.03. The van der Waals surface area contributed by atoms with Gasteiger partial charge in [-0.05, 0) is 24.1 Å². The van der Waals surface area contributed by atoms with Gasteiger partial charge in [-0.2, -0.15) is 0 Å². The normalized spacial score (nSPS) is 18.0. The molecule has 0 saturated carbocycles. The third-order valence-corrected chi connectivity index (χ3v) is 4.40. The smallest absolute Gasteiger partial charge is 0.339 e. The standard InChI is InChI=1S/C18H21N3O2/c1-20(17-16(18(22)23)8-5-10-19-17)15-9-11-21(13-15)12-14-6-3-2-4-7-14/h2-8,10,15H,9,11-13H2,1H3,(H,22,23)/t15-/m1/s1. The predicted octanol–water partition coefficient (Wildman–Crippen LogP) is 2.49. The lowest BCUT2D eigenvalue weighted by atomic mass is 10.2. The first-order chi connectivity index (χ1) is 11.1. The monoisotopic (exact) mass is 311 g/mol. The molecule has 1 atom stereocenters. The van der Waals surface area contributed by atoms with Crippen molar-refractivity contribution in [3.05, 3.63) is 59.8 Å². The number of pyridine rings is 1. The maximum absolute atomic E-state index is 11.4. The maximum Gasteiger partial charge on any atom is 0.339 e. The number of likely N-dealkylation sites (N-methyl/N-ethyl adjacent to an activating group) is 1. The number of anilines is 1. The van der Waals surface area contributed by atoms with Crippen LogP contribution in [0.3, 0.4) is 0 Å². The molecule has 1 aromatic heterocycles. The summed E-state index contributed by atoms with van der Waals surface area (Å²) in [6.45, 7) is 2.86. The largest absolute Gasteiger partial charge is 0.478 e. The van der Waals surface area contributed by atoms with E-state index in [-0.39, 0.29) is 11.6 Å². The average molecular weight is 311 g/mol. The molecule has 1 fully saturated rings. The van der Waals surface area contributed by atoms with E-state index < -0.39 is 5.97 Å². The summed E-state index contributed by atoms with van der Waals surface area (Å²) in [4.78, 5) is 20.1. The molecule has 1 aromatic carbocycles. The van der Waals surface area contributed by atoms with E-state index in [0.29, 0.717) is 5.82 Å². The number of rotatable bonds is 5. The first kappa shape index (κ1) is 15.5. The number of carboxylic acids is 1. The van der Waals surface area contributed by atoms with E-state index in [4.69, 9.17) is 0 Å². The van der Waals surface area contributed by atoms with Crippen molar-refractivity contribution < 1.29 is 9.90 Å². The van der Waals surface area contributed by atoms with Crippen LogP contribution >= 0.6 is 0 Å². The summed E-state index contributed by atoms with van der Waals surface area (Å²) in [7, 11) is 1.94. The van der Waals surface area contributed by atoms with Crippen LogP contribution in [0.4, 0.5) is 5.82 Å². The highest BCUT2D eigenvalue weighted by Crippen LogP contribution is 2.24. The van der Waals surface area contributed by atoms with Crippen molar-refractivity contribution >= 4 is 11.8 Å². The van der Waals surface area contributed by atoms with Crippen LogP contribution in [-0.2, 0) is 6.54 Å². The van der Waals surface area contributed by atoms with Crippen LogP contribution in [0.2, 0.25) is 0 Å². The van der Waals surface area contributed by atoms with Gasteiger partial charge in [0.2, 0.25) is 0 Å². The Kier molecular flexibility index (Phi) is 4.57. The first-order valence-corrected chi connectivity index (χ1v) is 7.82. The topological polar surface area (TPSA) is 56.7 Å². The molecular weight excluding hydrogens is 290 g/mol. The molecule has 23 heavy (non-hydrogen) atoms. The number of hydrogen-bond donors (Lipinski definition) is 1. The van der Waals surface area contributed by atoms with E-state index in [1.807, 2.05) is 18.0 Å². The van der Waals surface area contributed by atoms with Crippen LogP contribution < -0.4 is 4.90 Å². The molecule has 1 aliphatic heterocycles. The molecule has 0 bridgehead atoms. The van der Waals surface area contributed by atoms with Gasteiger partial charge in [-0.1, -0.05) is 30.3 Å². The molecule has 2 aromatic rings. The number of aromatic carboxylic acids is 1. The summed E-state index contributed by atoms with van der Waals surface area (Å²) in [5, 5.41) is 9.33. The minimum atomic E-state index is -0.931. The second kappa shape index (κ2) is 6.79. The van der Waals surface area contributed by atoms with Crippen LogP contribution in [0.1, 0.15) is 22.3 Å². The quantitative estimate of drug-likeness (QED) is 0.919. The van der Waals surface area contributed by atoms with Gasteiger partial charge in [0, 0.05) is 38.9 Å². The third kappa shape index (κ3) is 3.51. The summed E-state index contributed by atoms with van der Waals surface area (Å²) in [6, 6.07) is 14.0. The fraction of sp³-hybridized carbons (Fsp3) is 0.333. The summed E-state index contributed by atoms with van der Waals surface area (Å²) in [6.07, 6.45) is 2.66.